The predicted octanol–water partition coefficient (Wildman–Crippen LogP) is 1.95. The van der Waals surface area contributed by atoms with Crippen LogP contribution in [0.1, 0.15) is 58.3 Å². The van der Waals surface area contributed by atoms with Crippen molar-refractivity contribution in [2.24, 2.45) is 11.7 Å². The van der Waals surface area contributed by atoms with E-state index in [9.17, 15) is 4.79 Å². The maximum Gasteiger partial charge on any atom is 0.240 e. The smallest absolute Gasteiger partial charge is 0.240 e. The molecule has 1 amide bonds. The zero-order valence-electron chi connectivity index (χ0n) is 10.3. The van der Waals surface area contributed by atoms with Crippen LogP contribution in [0.2, 0.25) is 0 Å². The summed E-state index contributed by atoms with van der Waals surface area (Å²) >= 11 is 0. The molecule has 2 fully saturated rings. The number of hydrogen-bond acceptors (Lipinski definition) is 2. The second-order valence-corrected chi connectivity index (χ2v) is 5.67. The molecule has 0 spiro atoms. The number of amides is 1. The van der Waals surface area contributed by atoms with Crippen molar-refractivity contribution in [2.75, 3.05) is 0 Å². The molecular weight excluding hydrogens is 200 g/mol. The van der Waals surface area contributed by atoms with E-state index in [2.05, 4.69) is 12.2 Å². The lowest BCUT2D eigenvalue weighted by Crippen LogP contribution is -2.54. The maximum absolute atomic E-state index is 12.1. The Morgan fingerprint density at radius 3 is 2.38 bits per heavy atom. The first-order valence-corrected chi connectivity index (χ1v) is 6.72. The second-order valence-electron chi connectivity index (χ2n) is 5.67. The fraction of sp³-hybridized carbons (Fsp3) is 0.923. The first-order chi connectivity index (χ1) is 7.62. The van der Waals surface area contributed by atoms with Crippen LogP contribution in [0, 0.1) is 5.92 Å². The lowest BCUT2D eigenvalue weighted by Gasteiger charge is -2.27. The van der Waals surface area contributed by atoms with Crippen LogP contribution >= 0.6 is 0 Å². The van der Waals surface area contributed by atoms with Gasteiger partial charge in [-0.2, -0.15) is 0 Å². The SMILES string of the molecule is CC(NC(=O)C1(N)CCCC1)C1CCCC1. The molecule has 0 radical (unpaired) electrons. The van der Waals surface area contributed by atoms with Gasteiger partial charge in [-0.1, -0.05) is 25.7 Å². The van der Waals surface area contributed by atoms with E-state index in [1.807, 2.05) is 0 Å². The summed E-state index contributed by atoms with van der Waals surface area (Å²) < 4.78 is 0. The highest BCUT2D eigenvalue weighted by molar-refractivity contribution is 5.86. The summed E-state index contributed by atoms with van der Waals surface area (Å²) in [6.45, 7) is 2.13. The van der Waals surface area contributed by atoms with Crippen LogP contribution in [0.4, 0.5) is 0 Å². The van der Waals surface area contributed by atoms with Crippen molar-refractivity contribution in [3.05, 3.63) is 0 Å². The Labute approximate surface area is 98.2 Å². The van der Waals surface area contributed by atoms with E-state index in [4.69, 9.17) is 5.73 Å². The number of nitrogens with two attached hydrogens (primary N) is 1. The molecule has 2 aliphatic rings. The van der Waals surface area contributed by atoms with Crippen molar-refractivity contribution in [1.82, 2.24) is 5.32 Å². The Morgan fingerprint density at radius 2 is 1.81 bits per heavy atom. The van der Waals surface area contributed by atoms with Gasteiger partial charge in [0, 0.05) is 6.04 Å². The molecule has 2 rings (SSSR count). The highest BCUT2D eigenvalue weighted by atomic mass is 16.2. The Kier molecular flexibility index (Phi) is 3.53. The van der Waals surface area contributed by atoms with Crippen LogP contribution in [0.25, 0.3) is 0 Å². The Balaban J connectivity index is 1.86. The molecule has 0 aliphatic heterocycles. The molecule has 0 aromatic rings. The standard InChI is InChI=1S/C13H24N2O/c1-10(11-6-2-3-7-11)15-12(16)13(14)8-4-5-9-13/h10-11H,2-9,14H2,1H3,(H,15,16). The van der Waals surface area contributed by atoms with E-state index < -0.39 is 5.54 Å². The summed E-state index contributed by atoms with van der Waals surface area (Å²) in [7, 11) is 0. The zero-order valence-corrected chi connectivity index (χ0v) is 10.3. The van der Waals surface area contributed by atoms with Crippen molar-refractivity contribution < 1.29 is 4.79 Å². The van der Waals surface area contributed by atoms with Gasteiger partial charge in [0.05, 0.1) is 5.54 Å². The van der Waals surface area contributed by atoms with Gasteiger partial charge < -0.3 is 11.1 Å². The normalized spacial score (nSPS) is 26.9. The van der Waals surface area contributed by atoms with E-state index in [-0.39, 0.29) is 5.91 Å². The van der Waals surface area contributed by atoms with Gasteiger partial charge >= 0.3 is 0 Å². The first-order valence-electron chi connectivity index (χ1n) is 6.72. The monoisotopic (exact) mass is 224 g/mol. The molecule has 1 atom stereocenters. The van der Waals surface area contributed by atoms with Crippen LogP contribution in [0.5, 0.6) is 0 Å². The Morgan fingerprint density at radius 1 is 1.25 bits per heavy atom. The van der Waals surface area contributed by atoms with Crippen LogP contribution in [-0.2, 0) is 4.79 Å². The molecular formula is C13H24N2O. The van der Waals surface area contributed by atoms with Gasteiger partial charge in [-0.3, -0.25) is 4.79 Å². The van der Waals surface area contributed by atoms with Gasteiger partial charge in [-0.05, 0) is 38.5 Å². The molecule has 16 heavy (non-hydrogen) atoms. The van der Waals surface area contributed by atoms with E-state index in [0.717, 1.165) is 25.7 Å². The number of carbonyl (C=O) groups excluding carboxylic acids is 1. The van der Waals surface area contributed by atoms with Crippen LogP contribution in [0.3, 0.4) is 0 Å². The predicted molar refractivity (Wildman–Crippen MR) is 64.9 cm³/mol. The van der Waals surface area contributed by atoms with Gasteiger partial charge in [0.2, 0.25) is 5.91 Å². The molecule has 1 unspecified atom stereocenters. The molecule has 92 valence electrons. The van der Waals surface area contributed by atoms with Crippen molar-refractivity contribution >= 4 is 5.91 Å². The second kappa shape index (κ2) is 4.74. The number of carbonyl (C=O) groups is 1. The van der Waals surface area contributed by atoms with E-state index in [0.29, 0.717) is 12.0 Å². The lowest BCUT2D eigenvalue weighted by atomic mass is 9.95. The number of hydrogen-bond donors (Lipinski definition) is 2. The topological polar surface area (TPSA) is 55.1 Å². The van der Waals surface area contributed by atoms with E-state index >= 15 is 0 Å². The van der Waals surface area contributed by atoms with Gasteiger partial charge in [0.25, 0.3) is 0 Å². The van der Waals surface area contributed by atoms with Gasteiger partial charge in [0.1, 0.15) is 0 Å². The third kappa shape index (κ3) is 2.40. The molecule has 3 heteroatoms. The molecule has 3 nitrogen and oxygen atoms in total. The molecule has 2 aliphatic carbocycles. The lowest BCUT2D eigenvalue weighted by molar-refractivity contribution is -0.127. The minimum atomic E-state index is -0.563. The van der Waals surface area contributed by atoms with E-state index in [1.165, 1.54) is 25.7 Å². The van der Waals surface area contributed by atoms with Crippen molar-refractivity contribution in [2.45, 2.75) is 69.9 Å². The third-order valence-corrected chi connectivity index (χ3v) is 4.41. The Hall–Kier alpha value is -0.570. The van der Waals surface area contributed by atoms with Crippen molar-refractivity contribution in [1.29, 1.82) is 0 Å². The van der Waals surface area contributed by atoms with Crippen molar-refractivity contribution in [3.8, 4) is 0 Å². The summed E-state index contributed by atoms with van der Waals surface area (Å²) in [5.41, 5.74) is 5.57. The minimum absolute atomic E-state index is 0.0874. The molecule has 0 aromatic carbocycles. The minimum Gasteiger partial charge on any atom is -0.352 e. The van der Waals surface area contributed by atoms with Crippen molar-refractivity contribution in [3.63, 3.8) is 0 Å². The fourth-order valence-corrected chi connectivity index (χ4v) is 3.16. The van der Waals surface area contributed by atoms with Crippen LogP contribution in [-0.4, -0.2) is 17.5 Å². The summed E-state index contributed by atoms with van der Waals surface area (Å²) in [6, 6.07) is 0.302. The summed E-state index contributed by atoms with van der Waals surface area (Å²) in [4.78, 5) is 12.1. The van der Waals surface area contributed by atoms with Gasteiger partial charge in [-0.25, -0.2) is 0 Å². The number of nitrogens with one attached hydrogen (secondary N) is 1. The first kappa shape index (κ1) is 11.9. The van der Waals surface area contributed by atoms with Gasteiger partial charge in [0.15, 0.2) is 0 Å². The fourth-order valence-electron chi connectivity index (χ4n) is 3.16. The third-order valence-electron chi connectivity index (χ3n) is 4.41. The average molecular weight is 224 g/mol. The zero-order chi connectivity index (χ0) is 11.6. The molecule has 0 saturated heterocycles. The quantitative estimate of drug-likeness (QED) is 0.770. The Bertz CT molecular complexity index is 253. The van der Waals surface area contributed by atoms with E-state index in [1.54, 1.807) is 0 Å². The highest BCUT2D eigenvalue weighted by Gasteiger charge is 2.38. The highest BCUT2D eigenvalue weighted by Crippen LogP contribution is 2.30. The van der Waals surface area contributed by atoms with Crippen LogP contribution < -0.4 is 11.1 Å². The average Bonchev–Trinajstić information content (AvgIpc) is 2.88. The summed E-state index contributed by atoms with van der Waals surface area (Å²) in [5, 5.41) is 3.14. The molecule has 0 heterocycles. The molecule has 0 aromatic heterocycles. The molecule has 3 N–H and O–H groups in total. The molecule has 0 bridgehead atoms. The van der Waals surface area contributed by atoms with Gasteiger partial charge in [-0.15, -0.1) is 0 Å². The summed E-state index contributed by atoms with van der Waals surface area (Å²) in [6.07, 6.45) is 9.07. The largest absolute Gasteiger partial charge is 0.352 e. The molecule has 2 saturated carbocycles. The van der Waals surface area contributed by atoms with Crippen LogP contribution in [0.15, 0.2) is 0 Å². The summed E-state index contributed by atoms with van der Waals surface area (Å²) in [5.74, 6) is 0.762. The number of rotatable bonds is 3. The maximum atomic E-state index is 12.1.